The maximum atomic E-state index is 11.9. The number of benzene rings is 1. The van der Waals surface area contributed by atoms with E-state index in [-0.39, 0.29) is 5.91 Å². The van der Waals surface area contributed by atoms with Crippen LogP contribution in [0.5, 0.6) is 0 Å². The lowest BCUT2D eigenvalue weighted by molar-refractivity contribution is 0.0964. The van der Waals surface area contributed by atoms with Gasteiger partial charge in [-0.15, -0.1) is 0 Å². The minimum atomic E-state index is -0.0642. The summed E-state index contributed by atoms with van der Waals surface area (Å²) in [6, 6.07) is 5.94. The van der Waals surface area contributed by atoms with Crippen LogP contribution < -0.4 is 16.4 Å². The summed E-state index contributed by atoms with van der Waals surface area (Å²) in [6.07, 6.45) is 5.27. The van der Waals surface area contributed by atoms with Gasteiger partial charge in [0.05, 0.1) is 5.56 Å². The number of nitrogen functional groups attached to an aromatic ring is 1. The summed E-state index contributed by atoms with van der Waals surface area (Å²) >= 11 is 0. The summed E-state index contributed by atoms with van der Waals surface area (Å²) in [7, 11) is 1.65. The molecule has 2 bridgehead atoms. The van der Waals surface area contributed by atoms with Gasteiger partial charge in [0.15, 0.2) is 0 Å². The van der Waals surface area contributed by atoms with Gasteiger partial charge in [-0.25, -0.2) is 0 Å². The molecule has 2 aliphatic rings. The van der Waals surface area contributed by atoms with Gasteiger partial charge in [-0.05, 0) is 49.3 Å². The van der Waals surface area contributed by atoms with Crippen LogP contribution in [0.1, 0.15) is 36.0 Å². The molecule has 4 nitrogen and oxygen atoms in total. The third-order valence-corrected chi connectivity index (χ3v) is 4.59. The van der Waals surface area contributed by atoms with E-state index in [2.05, 4.69) is 10.6 Å². The van der Waals surface area contributed by atoms with Crippen molar-refractivity contribution in [3.63, 3.8) is 0 Å². The Labute approximate surface area is 113 Å². The summed E-state index contributed by atoms with van der Waals surface area (Å²) in [5, 5.41) is 6.24. The van der Waals surface area contributed by atoms with Crippen LogP contribution in [-0.2, 0) is 0 Å². The molecule has 0 aromatic heterocycles. The number of fused-ring (bicyclic) bond motifs is 2. The fourth-order valence-corrected chi connectivity index (χ4v) is 3.64. The highest BCUT2D eigenvalue weighted by atomic mass is 16.1. The molecule has 2 aliphatic carbocycles. The van der Waals surface area contributed by atoms with Crippen LogP contribution in [0.25, 0.3) is 0 Å². The Morgan fingerprint density at radius 2 is 2.16 bits per heavy atom. The topological polar surface area (TPSA) is 67.2 Å². The highest BCUT2D eigenvalue weighted by Gasteiger charge is 2.39. The van der Waals surface area contributed by atoms with E-state index >= 15 is 0 Å². The van der Waals surface area contributed by atoms with Crippen LogP contribution in [0.3, 0.4) is 0 Å². The fourth-order valence-electron chi connectivity index (χ4n) is 3.64. The van der Waals surface area contributed by atoms with Gasteiger partial charge in [-0.2, -0.15) is 0 Å². The lowest BCUT2D eigenvalue weighted by atomic mass is 9.95. The molecule has 1 aromatic rings. The number of nitrogens with one attached hydrogen (secondary N) is 2. The molecule has 4 heteroatoms. The summed E-state index contributed by atoms with van der Waals surface area (Å²) in [5.74, 6) is 1.58. The second-order valence-electron chi connectivity index (χ2n) is 5.81. The third-order valence-electron chi connectivity index (χ3n) is 4.59. The first-order valence-electron chi connectivity index (χ1n) is 7.05. The van der Waals surface area contributed by atoms with Crippen molar-refractivity contribution in [2.45, 2.75) is 31.7 Å². The highest BCUT2D eigenvalue weighted by molar-refractivity contribution is 6.00. The van der Waals surface area contributed by atoms with Gasteiger partial charge in [0.25, 0.3) is 5.91 Å². The molecule has 4 N–H and O–H groups in total. The summed E-state index contributed by atoms with van der Waals surface area (Å²) in [5.41, 5.74) is 8.09. The smallest absolute Gasteiger partial charge is 0.253 e. The molecule has 0 aliphatic heterocycles. The predicted octanol–water partition coefficient (Wildman–Crippen LogP) is 2.23. The SMILES string of the molecule is CNC(=O)c1ccc(N)cc1NC1CC2CCC1C2. The quantitative estimate of drug-likeness (QED) is 0.729. The Hall–Kier alpha value is -1.71. The average molecular weight is 259 g/mol. The molecule has 3 atom stereocenters. The van der Waals surface area contributed by atoms with E-state index in [1.807, 2.05) is 6.07 Å². The number of rotatable bonds is 3. The molecule has 3 rings (SSSR count). The number of hydrogen-bond acceptors (Lipinski definition) is 3. The van der Waals surface area contributed by atoms with E-state index in [9.17, 15) is 4.79 Å². The second kappa shape index (κ2) is 4.76. The first-order chi connectivity index (χ1) is 9.17. The van der Waals surface area contributed by atoms with E-state index in [0.29, 0.717) is 17.3 Å². The molecule has 0 spiro atoms. The van der Waals surface area contributed by atoms with Gasteiger partial charge in [0.1, 0.15) is 0 Å². The Kier molecular flexibility index (Phi) is 3.09. The Morgan fingerprint density at radius 3 is 2.79 bits per heavy atom. The molecule has 1 amide bonds. The molecule has 19 heavy (non-hydrogen) atoms. The summed E-state index contributed by atoms with van der Waals surface area (Å²) < 4.78 is 0. The largest absolute Gasteiger partial charge is 0.399 e. The van der Waals surface area contributed by atoms with Crippen molar-refractivity contribution >= 4 is 17.3 Å². The number of carbonyl (C=O) groups is 1. The lowest BCUT2D eigenvalue weighted by Crippen LogP contribution is -2.28. The van der Waals surface area contributed by atoms with Crippen molar-refractivity contribution in [3.8, 4) is 0 Å². The molecule has 2 saturated carbocycles. The van der Waals surface area contributed by atoms with Crippen LogP contribution in [0.4, 0.5) is 11.4 Å². The van der Waals surface area contributed by atoms with E-state index in [1.165, 1.54) is 25.7 Å². The first kappa shape index (κ1) is 12.3. The van der Waals surface area contributed by atoms with Crippen molar-refractivity contribution in [3.05, 3.63) is 23.8 Å². The van der Waals surface area contributed by atoms with Crippen molar-refractivity contribution in [2.24, 2.45) is 11.8 Å². The maximum absolute atomic E-state index is 11.9. The van der Waals surface area contributed by atoms with Crippen molar-refractivity contribution in [1.29, 1.82) is 0 Å². The minimum Gasteiger partial charge on any atom is -0.399 e. The van der Waals surface area contributed by atoms with Crippen LogP contribution in [0.15, 0.2) is 18.2 Å². The third kappa shape index (κ3) is 2.27. The average Bonchev–Trinajstić information content (AvgIpc) is 3.00. The highest BCUT2D eigenvalue weighted by Crippen LogP contribution is 2.45. The van der Waals surface area contributed by atoms with E-state index in [0.717, 1.165) is 17.5 Å². The molecule has 102 valence electrons. The Bertz CT molecular complexity index is 500. The monoisotopic (exact) mass is 259 g/mol. The van der Waals surface area contributed by atoms with E-state index in [1.54, 1.807) is 19.2 Å². The van der Waals surface area contributed by atoms with Crippen LogP contribution in [0, 0.1) is 11.8 Å². The lowest BCUT2D eigenvalue weighted by Gasteiger charge is -2.25. The van der Waals surface area contributed by atoms with Gasteiger partial charge in [-0.3, -0.25) is 4.79 Å². The molecule has 0 radical (unpaired) electrons. The van der Waals surface area contributed by atoms with E-state index in [4.69, 9.17) is 5.73 Å². The van der Waals surface area contributed by atoms with Crippen molar-refractivity contribution in [1.82, 2.24) is 5.32 Å². The zero-order valence-corrected chi connectivity index (χ0v) is 11.3. The van der Waals surface area contributed by atoms with E-state index < -0.39 is 0 Å². The standard InChI is InChI=1S/C15H21N3O/c1-17-15(19)12-5-4-11(16)8-14(12)18-13-7-9-2-3-10(13)6-9/h4-5,8-10,13,18H,2-3,6-7,16H2,1H3,(H,17,19). The molecule has 1 aromatic carbocycles. The fraction of sp³-hybridized carbons (Fsp3) is 0.533. The Morgan fingerprint density at radius 1 is 1.32 bits per heavy atom. The molecule has 0 heterocycles. The van der Waals surface area contributed by atoms with Gasteiger partial charge in [0.2, 0.25) is 0 Å². The van der Waals surface area contributed by atoms with Gasteiger partial charge in [-0.1, -0.05) is 6.42 Å². The Balaban J connectivity index is 1.83. The number of carbonyl (C=O) groups excluding carboxylic acids is 1. The van der Waals surface area contributed by atoms with Gasteiger partial charge >= 0.3 is 0 Å². The van der Waals surface area contributed by atoms with Gasteiger partial charge < -0.3 is 16.4 Å². The molecular weight excluding hydrogens is 238 g/mol. The molecular formula is C15H21N3O. The first-order valence-corrected chi connectivity index (χ1v) is 7.05. The van der Waals surface area contributed by atoms with Crippen LogP contribution in [-0.4, -0.2) is 19.0 Å². The van der Waals surface area contributed by atoms with Crippen molar-refractivity contribution in [2.75, 3.05) is 18.1 Å². The predicted molar refractivity (Wildman–Crippen MR) is 77.1 cm³/mol. The van der Waals surface area contributed by atoms with Crippen LogP contribution in [0.2, 0.25) is 0 Å². The normalized spacial score (nSPS) is 28.4. The number of nitrogens with two attached hydrogens (primary N) is 1. The molecule has 2 fully saturated rings. The summed E-state index contributed by atoms with van der Waals surface area (Å²) in [4.78, 5) is 11.9. The van der Waals surface area contributed by atoms with Crippen molar-refractivity contribution < 1.29 is 4.79 Å². The number of amides is 1. The minimum absolute atomic E-state index is 0.0642. The zero-order chi connectivity index (χ0) is 13.4. The molecule has 0 saturated heterocycles. The summed E-state index contributed by atoms with van der Waals surface area (Å²) in [6.45, 7) is 0. The van der Waals surface area contributed by atoms with Gasteiger partial charge in [0, 0.05) is 24.5 Å². The zero-order valence-electron chi connectivity index (χ0n) is 11.3. The second-order valence-corrected chi connectivity index (χ2v) is 5.81. The van der Waals surface area contributed by atoms with Crippen LogP contribution >= 0.6 is 0 Å². The molecule has 3 unspecified atom stereocenters. The number of hydrogen-bond donors (Lipinski definition) is 3. The maximum Gasteiger partial charge on any atom is 0.253 e. The number of anilines is 2.